The molecule has 0 aliphatic heterocycles. The molecule has 2 aromatic rings. The highest BCUT2D eigenvalue weighted by Gasteiger charge is 2.33. The number of carbonyl (C=O) groups is 1. The van der Waals surface area contributed by atoms with E-state index in [2.05, 4.69) is 21.0 Å². The minimum atomic E-state index is -4.63. The normalized spacial score (nSPS) is 11.8. The lowest BCUT2D eigenvalue weighted by Gasteiger charge is -2.13. The van der Waals surface area contributed by atoms with Crippen LogP contribution in [0, 0.1) is 0 Å². The van der Waals surface area contributed by atoms with Gasteiger partial charge in [-0.25, -0.2) is 9.48 Å². The van der Waals surface area contributed by atoms with Gasteiger partial charge < -0.3 is 5.11 Å². The van der Waals surface area contributed by atoms with Crippen LogP contribution < -0.4 is 0 Å². The van der Waals surface area contributed by atoms with Crippen molar-refractivity contribution >= 4 is 45.1 Å². The summed E-state index contributed by atoms with van der Waals surface area (Å²) < 4.78 is 39.6. The van der Waals surface area contributed by atoms with Gasteiger partial charge in [0.15, 0.2) is 5.69 Å². The fraction of sp³-hybridized carbons (Fsp3) is 0.286. The molecule has 0 unspecified atom stereocenters. The van der Waals surface area contributed by atoms with Crippen LogP contribution in [-0.4, -0.2) is 20.9 Å². The maximum Gasteiger partial charge on any atom is 0.416 e. The molecule has 0 aliphatic rings. The number of carboxylic acid groups (broad SMARTS) is 1. The Labute approximate surface area is 153 Å². The van der Waals surface area contributed by atoms with E-state index in [-0.39, 0.29) is 25.9 Å². The summed E-state index contributed by atoms with van der Waals surface area (Å²) in [5, 5.41) is 12.8. The zero-order chi connectivity index (χ0) is 18.2. The van der Waals surface area contributed by atoms with Gasteiger partial charge in [-0.15, -0.1) is 0 Å². The number of alkyl halides is 3. The molecule has 0 amide bonds. The smallest absolute Gasteiger partial charge is 0.416 e. The van der Waals surface area contributed by atoms with E-state index in [4.69, 9.17) is 23.2 Å². The minimum Gasteiger partial charge on any atom is -0.476 e. The Morgan fingerprint density at radius 1 is 1.33 bits per heavy atom. The second kappa shape index (κ2) is 6.93. The van der Waals surface area contributed by atoms with Gasteiger partial charge in [-0.05, 0) is 34.5 Å². The molecule has 4 nitrogen and oxygen atoms in total. The van der Waals surface area contributed by atoms with Crippen molar-refractivity contribution in [1.29, 1.82) is 0 Å². The van der Waals surface area contributed by atoms with E-state index < -0.39 is 17.7 Å². The van der Waals surface area contributed by atoms with Crippen molar-refractivity contribution < 1.29 is 23.1 Å². The molecule has 0 fully saturated rings. The van der Waals surface area contributed by atoms with Crippen molar-refractivity contribution in [2.24, 2.45) is 0 Å². The second-order valence-corrected chi connectivity index (χ2v) is 6.47. The largest absolute Gasteiger partial charge is 0.476 e. The molecular formula is C14H10BrCl2F3N2O2. The van der Waals surface area contributed by atoms with Gasteiger partial charge in [0.1, 0.15) is 5.69 Å². The van der Waals surface area contributed by atoms with Gasteiger partial charge in [0.2, 0.25) is 0 Å². The Morgan fingerprint density at radius 2 is 1.88 bits per heavy atom. The molecule has 0 bridgehead atoms. The van der Waals surface area contributed by atoms with Crippen molar-refractivity contribution in [2.75, 3.05) is 0 Å². The summed E-state index contributed by atoms with van der Waals surface area (Å²) in [4.78, 5) is 11.5. The van der Waals surface area contributed by atoms with E-state index >= 15 is 0 Å². The molecule has 24 heavy (non-hydrogen) atoms. The molecule has 0 atom stereocenters. The zero-order valence-electron chi connectivity index (χ0n) is 12.1. The lowest BCUT2D eigenvalue weighted by molar-refractivity contribution is -0.137. The van der Waals surface area contributed by atoms with E-state index in [1.54, 1.807) is 0 Å². The van der Waals surface area contributed by atoms with Crippen LogP contribution in [0.2, 0.25) is 10.0 Å². The Bertz CT molecular complexity index is 783. The van der Waals surface area contributed by atoms with Gasteiger partial charge in [0.05, 0.1) is 25.8 Å². The first kappa shape index (κ1) is 19.1. The van der Waals surface area contributed by atoms with Gasteiger partial charge in [-0.2, -0.15) is 18.3 Å². The number of aromatic nitrogens is 2. The van der Waals surface area contributed by atoms with Crippen molar-refractivity contribution in [3.8, 4) is 5.69 Å². The number of nitrogens with zero attached hydrogens (tertiary/aromatic N) is 2. The van der Waals surface area contributed by atoms with Crippen LogP contribution >= 0.6 is 39.1 Å². The van der Waals surface area contributed by atoms with Crippen molar-refractivity contribution in [3.63, 3.8) is 0 Å². The van der Waals surface area contributed by atoms with E-state index in [1.165, 1.54) is 0 Å². The quantitative estimate of drug-likeness (QED) is 0.665. The number of carboxylic acids is 1. The monoisotopic (exact) mass is 444 g/mol. The van der Waals surface area contributed by atoms with Crippen LogP contribution in [0.4, 0.5) is 13.2 Å². The Kier molecular flexibility index (Phi) is 5.51. The highest BCUT2D eigenvalue weighted by Crippen LogP contribution is 2.38. The molecule has 1 N–H and O–H groups in total. The van der Waals surface area contributed by atoms with Crippen LogP contribution in [-0.2, 0) is 12.6 Å². The Hall–Kier alpha value is -1.25. The third-order valence-electron chi connectivity index (χ3n) is 3.14. The summed E-state index contributed by atoms with van der Waals surface area (Å²) in [6, 6.07) is 1.37. The van der Waals surface area contributed by atoms with Gasteiger partial charge in [0.25, 0.3) is 0 Å². The summed E-state index contributed by atoms with van der Waals surface area (Å²) >= 11 is 15.0. The van der Waals surface area contributed by atoms with Crippen LogP contribution in [0.5, 0.6) is 0 Å². The highest BCUT2D eigenvalue weighted by molar-refractivity contribution is 9.10. The molecule has 0 radical (unpaired) electrons. The fourth-order valence-electron chi connectivity index (χ4n) is 2.12. The Morgan fingerprint density at radius 3 is 2.29 bits per heavy atom. The van der Waals surface area contributed by atoms with Crippen LogP contribution in [0.3, 0.4) is 0 Å². The van der Waals surface area contributed by atoms with Crippen LogP contribution in [0.15, 0.2) is 16.6 Å². The highest BCUT2D eigenvalue weighted by atomic mass is 79.9. The first-order valence-electron chi connectivity index (χ1n) is 6.65. The summed E-state index contributed by atoms with van der Waals surface area (Å²) in [6.07, 6.45) is -3.45. The summed E-state index contributed by atoms with van der Waals surface area (Å²) in [5.74, 6) is -1.32. The molecule has 0 saturated carbocycles. The summed E-state index contributed by atoms with van der Waals surface area (Å²) in [6.45, 7) is 1.88. The van der Waals surface area contributed by atoms with Crippen molar-refractivity contribution in [3.05, 3.63) is 43.6 Å². The first-order valence-corrected chi connectivity index (χ1v) is 8.20. The predicted molar refractivity (Wildman–Crippen MR) is 87.2 cm³/mol. The minimum absolute atomic E-state index is 0.119. The molecule has 1 heterocycles. The van der Waals surface area contributed by atoms with E-state index in [1.807, 2.05) is 6.92 Å². The lowest BCUT2D eigenvalue weighted by Crippen LogP contribution is -2.11. The maximum atomic E-state index is 12.8. The molecule has 2 rings (SSSR count). The molecule has 1 aromatic carbocycles. The lowest BCUT2D eigenvalue weighted by atomic mass is 10.2. The van der Waals surface area contributed by atoms with Gasteiger partial charge >= 0.3 is 12.1 Å². The van der Waals surface area contributed by atoms with E-state index in [9.17, 15) is 23.1 Å². The van der Waals surface area contributed by atoms with Crippen LogP contribution in [0.25, 0.3) is 5.69 Å². The Balaban J connectivity index is 2.73. The first-order chi connectivity index (χ1) is 11.1. The molecule has 130 valence electrons. The average molecular weight is 446 g/mol. The SMILES string of the molecule is CCCc1nn(-c2c(Cl)cc(C(F)(F)F)cc2Cl)c(C(=O)O)c1Br. The average Bonchev–Trinajstić information content (AvgIpc) is 2.74. The van der Waals surface area contributed by atoms with Gasteiger partial charge in [-0.3, -0.25) is 0 Å². The number of hydrogen-bond acceptors (Lipinski definition) is 2. The number of halogens is 6. The third-order valence-corrected chi connectivity index (χ3v) is 4.55. The molecule has 1 aromatic heterocycles. The summed E-state index contributed by atoms with van der Waals surface area (Å²) in [7, 11) is 0. The molecule has 0 saturated heterocycles. The second-order valence-electron chi connectivity index (χ2n) is 4.86. The van der Waals surface area contributed by atoms with Gasteiger partial charge in [-0.1, -0.05) is 36.5 Å². The maximum absolute atomic E-state index is 12.8. The predicted octanol–water partition coefficient (Wildman–Crippen LogP) is 5.61. The standard InChI is InChI=1S/C14H10BrCl2F3N2O2/c1-2-3-9-10(15)12(13(23)24)22(21-9)11-7(16)4-6(5-8(11)17)14(18,19)20/h4-5H,2-3H2,1H3,(H,23,24). The molecule has 0 aliphatic carbocycles. The zero-order valence-corrected chi connectivity index (χ0v) is 15.2. The van der Waals surface area contributed by atoms with E-state index in [0.717, 1.165) is 4.68 Å². The molecule has 10 heteroatoms. The third kappa shape index (κ3) is 3.55. The van der Waals surface area contributed by atoms with Gasteiger partial charge in [0, 0.05) is 0 Å². The van der Waals surface area contributed by atoms with Crippen molar-refractivity contribution in [2.45, 2.75) is 25.9 Å². The number of aryl methyl sites for hydroxylation is 1. The number of benzene rings is 1. The molecular weight excluding hydrogens is 436 g/mol. The number of hydrogen-bond donors (Lipinski definition) is 1. The number of rotatable bonds is 4. The fourth-order valence-corrected chi connectivity index (χ4v) is 3.38. The molecule has 0 spiro atoms. The topological polar surface area (TPSA) is 55.1 Å². The summed E-state index contributed by atoms with van der Waals surface area (Å²) in [5.41, 5.74) is -0.964. The van der Waals surface area contributed by atoms with E-state index in [0.29, 0.717) is 30.7 Å². The van der Waals surface area contributed by atoms with Crippen LogP contribution in [0.1, 0.15) is 35.1 Å². The van der Waals surface area contributed by atoms with Crippen molar-refractivity contribution in [1.82, 2.24) is 9.78 Å². The number of aromatic carboxylic acids is 1.